The molecule has 0 spiro atoms. The minimum absolute atomic E-state index is 0.297. The number of carbonyl (C=O) groups is 1. The quantitative estimate of drug-likeness (QED) is 0.834. The number of hydrogen-bond acceptors (Lipinski definition) is 2. The molecule has 21 heavy (non-hydrogen) atoms. The van der Waals surface area contributed by atoms with E-state index in [2.05, 4.69) is 0 Å². The molecule has 0 atom stereocenters. The smallest absolute Gasteiger partial charge is 0.328 e. The van der Waals surface area contributed by atoms with Gasteiger partial charge < -0.3 is 9.84 Å². The third-order valence-electron chi connectivity index (χ3n) is 2.74. The Morgan fingerprint density at radius 1 is 1.24 bits per heavy atom. The van der Waals surface area contributed by atoms with Crippen molar-refractivity contribution in [3.63, 3.8) is 0 Å². The summed E-state index contributed by atoms with van der Waals surface area (Å²) in [6, 6.07) is 9.31. The zero-order chi connectivity index (χ0) is 15.4. The fourth-order valence-electron chi connectivity index (χ4n) is 1.68. The Bertz CT molecular complexity index is 711. The Morgan fingerprint density at radius 3 is 2.52 bits per heavy atom. The Kier molecular flexibility index (Phi) is 4.60. The molecule has 0 heterocycles. The highest BCUT2D eigenvalue weighted by Gasteiger charge is 2.04. The molecule has 5 heteroatoms. The third-order valence-corrected chi connectivity index (χ3v) is 3.07. The molecular weight excluding hydrogens is 295 g/mol. The van der Waals surface area contributed by atoms with Gasteiger partial charge in [0.05, 0.1) is 5.02 Å². The topological polar surface area (TPSA) is 46.5 Å². The van der Waals surface area contributed by atoms with Crippen LogP contribution in [0.4, 0.5) is 4.39 Å². The Labute approximate surface area is 126 Å². The molecule has 0 saturated heterocycles. The van der Waals surface area contributed by atoms with Crippen molar-refractivity contribution in [3.8, 4) is 11.5 Å². The van der Waals surface area contributed by atoms with Crippen molar-refractivity contribution in [1.29, 1.82) is 0 Å². The fourth-order valence-corrected chi connectivity index (χ4v) is 1.92. The zero-order valence-corrected chi connectivity index (χ0v) is 11.9. The van der Waals surface area contributed by atoms with Crippen LogP contribution in [0.1, 0.15) is 11.1 Å². The molecule has 0 aliphatic heterocycles. The van der Waals surface area contributed by atoms with Gasteiger partial charge >= 0.3 is 5.97 Å². The normalized spacial score (nSPS) is 10.8. The van der Waals surface area contributed by atoms with Crippen molar-refractivity contribution >= 4 is 23.6 Å². The van der Waals surface area contributed by atoms with Crippen LogP contribution in [0.25, 0.3) is 6.08 Å². The van der Waals surface area contributed by atoms with E-state index in [0.717, 1.165) is 6.08 Å². The molecule has 2 rings (SSSR count). The second-order valence-electron chi connectivity index (χ2n) is 4.37. The maximum Gasteiger partial charge on any atom is 0.328 e. The van der Waals surface area contributed by atoms with E-state index in [1.807, 2.05) is 0 Å². The highest BCUT2D eigenvalue weighted by molar-refractivity contribution is 6.32. The second kappa shape index (κ2) is 6.41. The van der Waals surface area contributed by atoms with Crippen LogP contribution >= 0.6 is 11.6 Å². The molecule has 2 aromatic rings. The van der Waals surface area contributed by atoms with Crippen LogP contribution in [0.5, 0.6) is 11.5 Å². The molecule has 0 aliphatic rings. The average Bonchev–Trinajstić information content (AvgIpc) is 2.42. The van der Waals surface area contributed by atoms with Crippen molar-refractivity contribution in [2.45, 2.75) is 6.92 Å². The highest BCUT2D eigenvalue weighted by atomic mass is 35.5. The van der Waals surface area contributed by atoms with E-state index in [4.69, 9.17) is 21.4 Å². The van der Waals surface area contributed by atoms with Crippen LogP contribution in [0, 0.1) is 12.7 Å². The van der Waals surface area contributed by atoms with Crippen molar-refractivity contribution in [2.24, 2.45) is 0 Å². The molecule has 0 unspecified atom stereocenters. The van der Waals surface area contributed by atoms with Gasteiger partial charge in [-0.15, -0.1) is 0 Å². The third kappa shape index (κ3) is 4.07. The lowest BCUT2D eigenvalue weighted by Gasteiger charge is -2.08. The number of ether oxygens (including phenoxy) is 1. The van der Waals surface area contributed by atoms with Crippen LogP contribution in [0.3, 0.4) is 0 Å². The van der Waals surface area contributed by atoms with Crippen molar-refractivity contribution in [1.82, 2.24) is 0 Å². The second-order valence-corrected chi connectivity index (χ2v) is 4.78. The van der Waals surface area contributed by atoms with E-state index in [1.165, 1.54) is 18.2 Å². The van der Waals surface area contributed by atoms with Crippen LogP contribution in [0.2, 0.25) is 5.02 Å². The molecular formula is C16H12ClFO3. The standard InChI is InChI=1S/C16H12ClFO3/c1-10-8-12(5-6-15(10)18)21-13-4-2-11(14(17)9-13)3-7-16(19)20/h2-9H,1H3,(H,19,20)/b7-3+. The van der Waals surface area contributed by atoms with E-state index in [-0.39, 0.29) is 5.82 Å². The summed E-state index contributed by atoms with van der Waals surface area (Å²) in [6.45, 7) is 1.65. The molecule has 108 valence electrons. The Hall–Kier alpha value is -2.33. The summed E-state index contributed by atoms with van der Waals surface area (Å²) in [7, 11) is 0. The van der Waals surface area contributed by atoms with E-state index in [9.17, 15) is 9.18 Å². The predicted molar refractivity (Wildman–Crippen MR) is 79.3 cm³/mol. The summed E-state index contributed by atoms with van der Waals surface area (Å²) in [4.78, 5) is 10.5. The van der Waals surface area contributed by atoms with Gasteiger partial charge in [-0.1, -0.05) is 11.6 Å². The van der Waals surface area contributed by atoms with E-state index in [1.54, 1.807) is 31.2 Å². The number of hydrogen-bond donors (Lipinski definition) is 1. The zero-order valence-electron chi connectivity index (χ0n) is 11.1. The summed E-state index contributed by atoms with van der Waals surface area (Å²) >= 11 is 6.05. The first-order chi connectivity index (χ1) is 9.95. The Balaban J connectivity index is 2.20. The lowest BCUT2D eigenvalue weighted by molar-refractivity contribution is -0.131. The SMILES string of the molecule is Cc1cc(Oc2ccc(/C=C/C(=O)O)c(Cl)c2)ccc1F. The molecule has 2 aromatic carbocycles. The van der Waals surface area contributed by atoms with Gasteiger partial charge in [0.15, 0.2) is 0 Å². The maximum absolute atomic E-state index is 13.2. The number of aryl methyl sites for hydroxylation is 1. The van der Waals surface area contributed by atoms with Gasteiger partial charge in [-0.05, 0) is 60.5 Å². The molecule has 0 aliphatic carbocycles. The predicted octanol–water partition coefficient (Wildman–Crippen LogP) is 4.68. The van der Waals surface area contributed by atoms with Crippen LogP contribution in [0.15, 0.2) is 42.5 Å². The van der Waals surface area contributed by atoms with Gasteiger partial charge in [0, 0.05) is 6.08 Å². The van der Waals surface area contributed by atoms with E-state index in [0.29, 0.717) is 27.6 Å². The van der Waals surface area contributed by atoms with Gasteiger partial charge in [0.1, 0.15) is 17.3 Å². The first-order valence-corrected chi connectivity index (χ1v) is 6.48. The highest BCUT2D eigenvalue weighted by Crippen LogP contribution is 2.28. The lowest BCUT2D eigenvalue weighted by atomic mass is 10.2. The van der Waals surface area contributed by atoms with Crippen molar-refractivity contribution in [2.75, 3.05) is 0 Å². The summed E-state index contributed by atoms with van der Waals surface area (Å²) in [5.41, 5.74) is 1.06. The van der Waals surface area contributed by atoms with Gasteiger partial charge in [0.25, 0.3) is 0 Å². The van der Waals surface area contributed by atoms with Crippen LogP contribution in [-0.2, 0) is 4.79 Å². The Morgan fingerprint density at radius 2 is 1.90 bits per heavy atom. The van der Waals surface area contributed by atoms with Crippen LogP contribution < -0.4 is 4.74 Å². The molecule has 0 aromatic heterocycles. The molecule has 0 radical (unpaired) electrons. The fraction of sp³-hybridized carbons (Fsp3) is 0.0625. The molecule has 3 nitrogen and oxygen atoms in total. The minimum Gasteiger partial charge on any atom is -0.478 e. The van der Waals surface area contributed by atoms with Crippen LogP contribution in [-0.4, -0.2) is 11.1 Å². The summed E-state index contributed by atoms with van der Waals surface area (Å²) < 4.78 is 18.8. The number of carboxylic acid groups (broad SMARTS) is 1. The van der Waals surface area contributed by atoms with Crippen molar-refractivity contribution < 1.29 is 19.0 Å². The van der Waals surface area contributed by atoms with Gasteiger partial charge in [-0.25, -0.2) is 9.18 Å². The first-order valence-electron chi connectivity index (χ1n) is 6.10. The lowest BCUT2D eigenvalue weighted by Crippen LogP contribution is -1.89. The number of aliphatic carboxylic acids is 1. The van der Waals surface area contributed by atoms with E-state index < -0.39 is 5.97 Å². The number of halogens is 2. The molecule has 1 N–H and O–H groups in total. The summed E-state index contributed by atoms with van der Waals surface area (Å²) in [5, 5.41) is 8.94. The number of rotatable bonds is 4. The summed E-state index contributed by atoms with van der Waals surface area (Å²) in [6.07, 6.45) is 2.40. The number of carboxylic acids is 1. The van der Waals surface area contributed by atoms with Crippen molar-refractivity contribution in [3.05, 3.63) is 64.4 Å². The van der Waals surface area contributed by atoms with Gasteiger partial charge in [0.2, 0.25) is 0 Å². The maximum atomic E-state index is 13.2. The monoisotopic (exact) mass is 306 g/mol. The molecule has 0 fully saturated rings. The first kappa shape index (κ1) is 15.1. The van der Waals surface area contributed by atoms with Gasteiger partial charge in [-0.3, -0.25) is 0 Å². The molecule has 0 bridgehead atoms. The largest absolute Gasteiger partial charge is 0.478 e. The molecule has 0 saturated carbocycles. The summed E-state index contributed by atoms with van der Waals surface area (Å²) in [5.74, 6) is -0.361. The average molecular weight is 307 g/mol. The molecule has 0 amide bonds. The van der Waals surface area contributed by atoms with Gasteiger partial charge in [-0.2, -0.15) is 0 Å². The number of benzene rings is 2. The van der Waals surface area contributed by atoms with E-state index >= 15 is 0 Å². The minimum atomic E-state index is -1.05.